The van der Waals surface area contributed by atoms with Gasteiger partial charge in [-0.05, 0) is 62.2 Å². The normalized spacial score (nSPS) is 25.9. The van der Waals surface area contributed by atoms with Crippen LogP contribution >= 0.6 is 0 Å². The Morgan fingerprint density at radius 3 is 1.90 bits per heavy atom. The molecule has 3 heteroatoms. The topological polar surface area (TPSA) is 34.0 Å². The summed E-state index contributed by atoms with van der Waals surface area (Å²) in [6, 6.07) is 0. The molecule has 158 valence electrons. The lowest BCUT2D eigenvalue weighted by atomic mass is 9.83. The van der Waals surface area contributed by atoms with Gasteiger partial charge in [-0.1, -0.05) is 64.5 Å². The third-order valence-electron chi connectivity index (χ3n) is 6.45. The number of aliphatic imine (C=N–C) groups is 2. The van der Waals surface area contributed by atoms with E-state index in [1.807, 2.05) is 0 Å². The summed E-state index contributed by atoms with van der Waals surface area (Å²) in [4.78, 5) is 9.09. The molecule has 0 atom stereocenters. The second kappa shape index (κ2) is 11.9. The smallest absolute Gasteiger partial charge is 0.147 e. The van der Waals surface area contributed by atoms with Crippen LogP contribution in [0.5, 0.6) is 0 Å². The van der Waals surface area contributed by atoms with Crippen molar-refractivity contribution in [2.24, 2.45) is 15.9 Å². The van der Waals surface area contributed by atoms with Crippen LogP contribution in [0.2, 0.25) is 0 Å². The van der Waals surface area contributed by atoms with Gasteiger partial charge in [0.1, 0.15) is 11.5 Å². The molecule has 3 aliphatic carbocycles. The first-order valence-corrected chi connectivity index (χ1v) is 11.8. The lowest BCUT2D eigenvalue weighted by Gasteiger charge is -2.28. The Morgan fingerprint density at radius 1 is 0.724 bits per heavy atom. The number of hydrogen-bond acceptors (Lipinski definition) is 3. The van der Waals surface area contributed by atoms with E-state index in [0.29, 0.717) is 12.0 Å². The molecule has 0 amide bonds. The molecule has 3 rings (SSSR count). The summed E-state index contributed by atoms with van der Waals surface area (Å²) in [7, 11) is 0. The predicted molar refractivity (Wildman–Crippen MR) is 124 cm³/mol. The minimum Gasteiger partial charge on any atom is -0.488 e. The molecular formula is C26H38N2O. The van der Waals surface area contributed by atoms with E-state index in [4.69, 9.17) is 4.74 Å². The molecule has 0 aromatic heterocycles. The average Bonchev–Trinajstić information content (AvgIpc) is 2.75. The van der Waals surface area contributed by atoms with Crippen molar-refractivity contribution < 1.29 is 4.74 Å². The lowest BCUT2D eigenvalue weighted by molar-refractivity contribution is 0.0942. The van der Waals surface area contributed by atoms with Crippen molar-refractivity contribution in [2.75, 3.05) is 0 Å². The zero-order valence-corrected chi connectivity index (χ0v) is 18.1. The van der Waals surface area contributed by atoms with Crippen LogP contribution < -0.4 is 0 Å². The van der Waals surface area contributed by atoms with E-state index >= 15 is 0 Å². The largest absolute Gasteiger partial charge is 0.488 e. The van der Waals surface area contributed by atoms with Gasteiger partial charge in [0.15, 0.2) is 0 Å². The molecule has 0 heterocycles. The molecule has 29 heavy (non-hydrogen) atoms. The van der Waals surface area contributed by atoms with E-state index < -0.39 is 0 Å². The first-order chi connectivity index (χ1) is 14.3. The van der Waals surface area contributed by atoms with Gasteiger partial charge in [-0.2, -0.15) is 0 Å². The molecule has 0 unspecified atom stereocenters. The van der Waals surface area contributed by atoms with E-state index in [1.165, 1.54) is 82.6 Å². The van der Waals surface area contributed by atoms with Crippen molar-refractivity contribution in [1.82, 2.24) is 0 Å². The molecule has 3 nitrogen and oxygen atoms in total. The third kappa shape index (κ3) is 6.55. The quantitative estimate of drug-likeness (QED) is 0.445. The van der Waals surface area contributed by atoms with E-state index in [2.05, 4.69) is 35.3 Å². The van der Waals surface area contributed by atoms with Crippen LogP contribution in [0, 0.1) is 5.92 Å². The van der Waals surface area contributed by atoms with Crippen LogP contribution in [0.25, 0.3) is 0 Å². The van der Waals surface area contributed by atoms with Crippen LogP contribution in [0.3, 0.4) is 0 Å². The van der Waals surface area contributed by atoms with Crippen molar-refractivity contribution in [1.29, 1.82) is 0 Å². The maximum Gasteiger partial charge on any atom is 0.147 e. The number of nitrogens with zero attached hydrogens (tertiary/aromatic N) is 2. The second-order valence-corrected chi connectivity index (χ2v) is 8.64. The van der Waals surface area contributed by atoms with Gasteiger partial charge >= 0.3 is 0 Å². The highest BCUT2D eigenvalue weighted by Gasteiger charge is 2.26. The Bertz CT molecular complexity index is 667. The summed E-state index contributed by atoms with van der Waals surface area (Å²) in [5, 5.41) is 0. The Morgan fingerprint density at radius 2 is 1.28 bits per heavy atom. The van der Waals surface area contributed by atoms with Gasteiger partial charge in [0.05, 0.1) is 11.8 Å². The maximum absolute atomic E-state index is 6.52. The molecule has 0 spiro atoms. The fraction of sp³-hybridized carbons (Fsp3) is 0.615. The fourth-order valence-electron chi connectivity index (χ4n) is 4.86. The van der Waals surface area contributed by atoms with E-state index in [0.717, 1.165) is 30.0 Å². The number of hydrogen-bond donors (Lipinski definition) is 0. The van der Waals surface area contributed by atoms with Gasteiger partial charge in [-0.25, -0.2) is 0 Å². The fourth-order valence-corrected chi connectivity index (χ4v) is 4.86. The van der Waals surface area contributed by atoms with Gasteiger partial charge in [-0.3, -0.25) is 9.98 Å². The van der Waals surface area contributed by atoms with Crippen LogP contribution in [-0.4, -0.2) is 17.5 Å². The molecule has 0 saturated heterocycles. The molecule has 3 aliphatic rings. The standard InChI is InChI=1S/C26H38N2O/c1-3-27-24-19-22(21-15-11-8-6-5-7-9-12-16-21)20-25(26(24)28-4-2)29-23-17-13-10-14-18-23/h3-4,19-21,23H,1-2,5-18H2/b27-24-,28-26+. The molecule has 0 radical (unpaired) electrons. The van der Waals surface area contributed by atoms with Crippen molar-refractivity contribution in [3.63, 3.8) is 0 Å². The van der Waals surface area contributed by atoms with Gasteiger partial charge in [-0.15, -0.1) is 0 Å². The highest BCUT2D eigenvalue weighted by atomic mass is 16.5. The molecule has 0 N–H and O–H groups in total. The summed E-state index contributed by atoms with van der Waals surface area (Å²) in [5.74, 6) is 1.46. The van der Waals surface area contributed by atoms with Gasteiger partial charge in [0.25, 0.3) is 0 Å². The zero-order valence-electron chi connectivity index (χ0n) is 18.1. The molecule has 0 bridgehead atoms. The monoisotopic (exact) mass is 394 g/mol. The van der Waals surface area contributed by atoms with E-state index in [9.17, 15) is 0 Å². The highest BCUT2D eigenvalue weighted by molar-refractivity contribution is 6.52. The lowest BCUT2D eigenvalue weighted by Crippen LogP contribution is -2.26. The van der Waals surface area contributed by atoms with Crippen molar-refractivity contribution in [3.8, 4) is 0 Å². The minimum atomic E-state index is 0.290. The van der Waals surface area contributed by atoms with Crippen LogP contribution in [0.4, 0.5) is 0 Å². The Labute approximate surface area is 177 Å². The second-order valence-electron chi connectivity index (χ2n) is 8.64. The molecule has 0 aromatic carbocycles. The summed E-state index contributed by atoms with van der Waals surface area (Å²) in [5.41, 5.74) is 3.02. The summed E-state index contributed by atoms with van der Waals surface area (Å²) < 4.78 is 6.52. The average molecular weight is 395 g/mol. The summed E-state index contributed by atoms with van der Waals surface area (Å²) in [6.45, 7) is 7.63. The first-order valence-electron chi connectivity index (χ1n) is 11.8. The van der Waals surface area contributed by atoms with Gasteiger partial charge in [0, 0.05) is 12.4 Å². The number of rotatable bonds is 5. The van der Waals surface area contributed by atoms with Gasteiger partial charge < -0.3 is 4.74 Å². The SMILES string of the molecule is C=C/N=C1/C=C(C2CCCCCCCCC2)C=C(OC2CCCCC2)/C1=N/C=C. The van der Waals surface area contributed by atoms with Crippen molar-refractivity contribution in [3.05, 3.63) is 49.0 Å². The minimum absolute atomic E-state index is 0.290. The maximum atomic E-state index is 6.52. The first kappa shape index (κ1) is 21.8. The summed E-state index contributed by atoms with van der Waals surface area (Å²) >= 11 is 0. The predicted octanol–water partition coefficient (Wildman–Crippen LogP) is 7.47. The summed E-state index contributed by atoms with van der Waals surface area (Å²) in [6.07, 6.45) is 26.1. The Hall–Kier alpha value is -1.90. The molecule has 2 saturated carbocycles. The third-order valence-corrected chi connectivity index (χ3v) is 6.45. The van der Waals surface area contributed by atoms with E-state index in [-0.39, 0.29) is 0 Å². The number of allylic oxidation sites excluding steroid dienone is 4. The highest BCUT2D eigenvalue weighted by Crippen LogP contribution is 2.32. The van der Waals surface area contributed by atoms with Crippen LogP contribution in [0.15, 0.2) is 59.0 Å². The number of ether oxygens (including phenoxy) is 1. The molecule has 0 aromatic rings. The molecule has 2 fully saturated rings. The van der Waals surface area contributed by atoms with Crippen molar-refractivity contribution >= 4 is 11.4 Å². The molecule has 0 aliphatic heterocycles. The Kier molecular flexibility index (Phi) is 8.98. The van der Waals surface area contributed by atoms with Crippen molar-refractivity contribution in [2.45, 2.75) is 96.0 Å². The van der Waals surface area contributed by atoms with Gasteiger partial charge in [0.2, 0.25) is 0 Å². The van der Waals surface area contributed by atoms with E-state index in [1.54, 1.807) is 12.4 Å². The zero-order chi connectivity index (χ0) is 20.3. The van der Waals surface area contributed by atoms with Crippen LogP contribution in [0.1, 0.15) is 89.9 Å². The van der Waals surface area contributed by atoms with Crippen LogP contribution in [-0.2, 0) is 4.74 Å². The molecular weight excluding hydrogens is 356 g/mol. The Balaban J connectivity index is 1.87.